The normalized spacial score (nSPS) is 19.3. The summed E-state index contributed by atoms with van der Waals surface area (Å²) in [4.78, 5) is 2.54. The quantitative estimate of drug-likeness (QED) is 0.738. The fourth-order valence-corrected chi connectivity index (χ4v) is 3.14. The molecule has 0 bridgehead atoms. The number of hydrogen-bond acceptors (Lipinski definition) is 4. The van der Waals surface area contributed by atoms with Crippen molar-refractivity contribution < 1.29 is 14.2 Å². The van der Waals surface area contributed by atoms with E-state index in [1.165, 1.54) is 24.8 Å². The van der Waals surface area contributed by atoms with E-state index in [1.54, 1.807) is 14.2 Å². The fraction of sp³-hybridized carbons (Fsp3) is 0.667. The zero-order chi connectivity index (χ0) is 15.8. The van der Waals surface area contributed by atoms with Gasteiger partial charge in [-0.15, -0.1) is 0 Å². The van der Waals surface area contributed by atoms with E-state index in [-0.39, 0.29) is 0 Å². The van der Waals surface area contributed by atoms with Crippen molar-refractivity contribution in [2.75, 3.05) is 34.0 Å². The molecule has 4 heteroatoms. The SMILES string of the molecule is CCOCc1cc(CN2CCCCC2COC)ccc1OC. The molecular weight excluding hydrogens is 278 g/mol. The number of likely N-dealkylation sites (tertiary alicyclic amines) is 1. The van der Waals surface area contributed by atoms with Gasteiger partial charge in [-0.05, 0) is 44.0 Å². The van der Waals surface area contributed by atoms with Gasteiger partial charge in [0, 0.05) is 31.9 Å². The average molecular weight is 307 g/mol. The summed E-state index contributed by atoms with van der Waals surface area (Å²) in [6, 6.07) is 6.97. The highest BCUT2D eigenvalue weighted by Gasteiger charge is 2.22. The van der Waals surface area contributed by atoms with Crippen molar-refractivity contribution in [3.05, 3.63) is 29.3 Å². The van der Waals surface area contributed by atoms with Gasteiger partial charge < -0.3 is 14.2 Å². The van der Waals surface area contributed by atoms with Crippen LogP contribution < -0.4 is 4.74 Å². The minimum Gasteiger partial charge on any atom is -0.496 e. The molecule has 0 saturated carbocycles. The molecule has 1 atom stereocenters. The van der Waals surface area contributed by atoms with Gasteiger partial charge in [0.25, 0.3) is 0 Å². The summed E-state index contributed by atoms with van der Waals surface area (Å²) in [5.41, 5.74) is 2.45. The van der Waals surface area contributed by atoms with Crippen LogP contribution in [0.15, 0.2) is 18.2 Å². The number of rotatable bonds is 8. The zero-order valence-electron chi connectivity index (χ0n) is 14.1. The second-order valence-corrected chi connectivity index (χ2v) is 5.86. The van der Waals surface area contributed by atoms with Crippen molar-refractivity contribution in [2.24, 2.45) is 0 Å². The van der Waals surface area contributed by atoms with E-state index in [9.17, 15) is 0 Å². The first-order valence-electron chi connectivity index (χ1n) is 8.25. The fourth-order valence-electron chi connectivity index (χ4n) is 3.14. The van der Waals surface area contributed by atoms with Crippen molar-refractivity contribution in [3.8, 4) is 5.75 Å². The van der Waals surface area contributed by atoms with Crippen LogP contribution in [0.3, 0.4) is 0 Å². The number of methoxy groups -OCH3 is 2. The molecule has 0 amide bonds. The predicted octanol–water partition coefficient (Wildman–Crippen LogP) is 3.23. The molecule has 1 aromatic rings. The number of benzene rings is 1. The second kappa shape index (κ2) is 9.13. The van der Waals surface area contributed by atoms with E-state index >= 15 is 0 Å². The van der Waals surface area contributed by atoms with Crippen molar-refractivity contribution in [1.82, 2.24) is 4.90 Å². The molecule has 1 unspecified atom stereocenters. The standard InChI is InChI=1S/C18H29NO3/c1-4-22-13-16-11-15(8-9-18(16)21-3)12-19-10-6-5-7-17(19)14-20-2/h8-9,11,17H,4-7,10,12-14H2,1-3H3. The van der Waals surface area contributed by atoms with Crippen LogP contribution in [0, 0.1) is 0 Å². The molecule has 0 N–H and O–H groups in total. The molecule has 0 aliphatic carbocycles. The molecule has 1 heterocycles. The summed E-state index contributed by atoms with van der Waals surface area (Å²) in [6.45, 7) is 6.28. The molecule has 1 saturated heterocycles. The third-order valence-electron chi connectivity index (χ3n) is 4.30. The van der Waals surface area contributed by atoms with Crippen LogP contribution in [0.1, 0.15) is 37.3 Å². The lowest BCUT2D eigenvalue weighted by atomic mass is 10.0. The van der Waals surface area contributed by atoms with Gasteiger partial charge in [0.1, 0.15) is 5.75 Å². The van der Waals surface area contributed by atoms with Gasteiger partial charge in [-0.2, -0.15) is 0 Å². The Labute approximate surface area is 134 Å². The Hall–Kier alpha value is -1.10. The van der Waals surface area contributed by atoms with Gasteiger partial charge in [0.2, 0.25) is 0 Å². The van der Waals surface area contributed by atoms with Crippen LogP contribution >= 0.6 is 0 Å². The van der Waals surface area contributed by atoms with Crippen LogP contribution in [0.5, 0.6) is 5.75 Å². The lowest BCUT2D eigenvalue weighted by Gasteiger charge is -2.35. The average Bonchev–Trinajstić information content (AvgIpc) is 2.55. The highest BCUT2D eigenvalue weighted by atomic mass is 16.5. The number of nitrogens with zero attached hydrogens (tertiary/aromatic N) is 1. The van der Waals surface area contributed by atoms with Gasteiger partial charge >= 0.3 is 0 Å². The maximum Gasteiger partial charge on any atom is 0.124 e. The van der Waals surface area contributed by atoms with Crippen LogP contribution in [0.2, 0.25) is 0 Å². The lowest BCUT2D eigenvalue weighted by Crippen LogP contribution is -2.41. The first-order chi connectivity index (χ1) is 10.8. The first kappa shape index (κ1) is 17.3. The van der Waals surface area contributed by atoms with Crippen molar-refractivity contribution in [3.63, 3.8) is 0 Å². The van der Waals surface area contributed by atoms with Crippen molar-refractivity contribution in [1.29, 1.82) is 0 Å². The van der Waals surface area contributed by atoms with Gasteiger partial charge in [-0.25, -0.2) is 0 Å². The van der Waals surface area contributed by atoms with Gasteiger partial charge in [-0.1, -0.05) is 12.5 Å². The Morgan fingerprint density at radius 1 is 1.23 bits per heavy atom. The van der Waals surface area contributed by atoms with Gasteiger partial charge in [0.05, 0.1) is 20.3 Å². The molecule has 1 fully saturated rings. The Bertz CT molecular complexity index is 448. The van der Waals surface area contributed by atoms with E-state index in [1.807, 2.05) is 6.92 Å². The third kappa shape index (κ3) is 4.70. The smallest absolute Gasteiger partial charge is 0.124 e. The predicted molar refractivity (Wildman–Crippen MR) is 88.2 cm³/mol. The molecule has 0 aromatic heterocycles. The molecule has 0 radical (unpaired) electrons. The first-order valence-corrected chi connectivity index (χ1v) is 8.25. The summed E-state index contributed by atoms with van der Waals surface area (Å²) in [6.07, 6.45) is 3.82. The van der Waals surface area contributed by atoms with E-state index in [2.05, 4.69) is 23.1 Å². The van der Waals surface area contributed by atoms with Crippen molar-refractivity contribution in [2.45, 2.75) is 45.4 Å². The van der Waals surface area contributed by atoms with E-state index in [4.69, 9.17) is 14.2 Å². The second-order valence-electron chi connectivity index (χ2n) is 5.86. The van der Waals surface area contributed by atoms with E-state index in [0.717, 1.165) is 37.6 Å². The van der Waals surface area contributed by atoms with E-state index in [0.29, 0.717) is 12.6 Å². The van der Waals surface area contributed by atoms with Gasteiger partial charge in [0.15, 0.2) is 0 Å². The van der Waals surface area contributed by atoms with Crippen LogP contribution in [-0.2, 0) is 22.6 Å². The van der Waals surface area contributed by atoms with Gasteiger partial charge in [-0.3, -0.25) is 4.90 Å². The largest absolute Gasteiger partial charge is 0.496 e. The third-order valence-corrected chi connectivity index (χ3v) is 4.30. The Morgan fingerprint density at radius 3 is 2.82 bits per heavy atom. The summed E-state index contributed by atoms with van der Waals surface area (Å²) in [7, 11) is 3.50. The molecule has 1 aromatic carbocycles. The molecule has 1 aliphatic rings. The van der Waals surface area contributed by atoms with E-state index < -0.39 is 0 Å². The Kier molecular flexibility index (Phi) is 7.16. The summed E-state index contributed by atoms with van der Waals surface area (Å²) in [5, 5.41) is 0. The van der Waals surface area contributed by atoms with Crippen LogP contribution in [-0.4, -0.2) is 44.9 Å². The summed E-state index contributed by atoms with van der Waals surface area (Å²) >= 11 is 0. The number of piperidine rings is 1. The lowest BCUT2D eigenvalue weighted by molar-refractivity contribution is 0.0599. The molecule has 22 heavy (non-hydrogen) atoms. The van der Waals surface area contributed by atoms with Crippen molar-refractivity contribution >= 4 is 0 Å². The maximum absolute atomic E-state index is 5.55. The summed E-state index contributed by atoms with van der Waals surface area (Å²) < 4.78 is 16.4. The number of ether oxygens (including phenoxy) is 3. The maximum atomic E-state index is 5.55. The molecule has 4 nitrogen and oxygen atoms in total. The Morgan fingerprint density at radius 2 is 2.09 bits per heavy atom. The highest BCUT2D eigenvalue weighted by molar-refractivity contribution is 5.37. The Balaban J connectivity index is 2.07. The summed E-state index contributed by atoms with van der Waals surface area (Å²) in [5.74, 6) is 0.907. The molecule has 1 aliphatic heterocycles. The molecule has 124 valence electrons. The number of hydrogen-bond donors (Lipinski definition) is 0. The molecular formula is C18H29NO3. The minimum absolute atomic E-state index is 0.538. The zero-order valence-corrected chi connectivity index (χ0v) is 14.1. The monoisotopic (exact) mass is 307 g/mol. The molecule has 2 rings (SSSR count). The van der Waals surface area contributed by atoms with Crippen LogP contribution in [0.4, 0.5) is 0 Å². The highest BCUT2D eigenvalue weighted by Crippen LogP contribution is 2.24. The minimum atomic E-state index is 0.538. The van der Waals surface area contributed by atoms with Crippen LogP contribution in [0.25, 0.3) is 0 Å². The molecule has 0 spiro atoms. The topological polar surface area (TPSA) is 30.9 Å².